The van der Waals surface area contributed by atoms with E-state index in [1.54, 1.807) is 17.4 Å². The Hall–Kier alpha value is -1.81. The van der Waals surface area contributed by atoms with E-state index >= 15 is 0 Å². The molecule has 0 saturated heterocycles. The zero-order valence-corrected chi connectivity index (χ0v) is 11.9. The van der Waals surface area contributed by atoms with Crippen LogP contribution in [0.5, 0.6) is 0 Å². The monoisotopic (exact) mass is 275 g/mol. The van der Waals surface area contributed by atoms with Crippen LogP contribution in [-0.4, -0.2) is 11.1 Å². The number of rotatable bonds is 5. The Balaban J connectivity index is 2.08. The van der Waals surface area contributed by atoms with Gasteiger partial charge in [-0.1, -0.05) is 6.92 Å². The van der Waals surface area contributed by atoms with Crippen molar-refractivity contribution < 1.29 is 9.90 Å². The lowest BCUT2D eigenvalue weighted by atomic mass is 10.1. The topological polar surface area (TPSA) is 49.3 Å². The number of carboxylic acids is 1. The fourth-order valence-corrected chi connectivity index (χ4v) is 2.95. The molecular formula is C15H17NO2S. The molecule has 0 bridgehead atoms. The maximum atomic E-state index is 10.9. The Morgan fingerprint density at radius 2 is 2.16 bits per heavy atom. The quantitative estimate of drug-likeness (QED) is 0.869. The largest absolute Gasteiger partial charge is 0.478 e. The van der Waals surface area contributed by atoms with Gasteiger partial charge in [-0.05, 0) is 54.1 Å². The Bertz CT molecular complexity index is 590. The third kappa shape index (κ3) is 3.15. The predicted octanol–water partition coefficient (Wildman–Crippen LogP) is 3.93. The van der Waals surface area contributed by atoms with E-state index in [4.69, 9.17) is 5.11 Å². The van der Waals surface area contributed by atoms with Crippen LogP contribution in [0.15, 0.2) is 29.6 Å². The van der Waals surface area contributed by atoms with Crippen LogP contribution in [0.2, 0.25) is 0 Å². The Kier molecular flexibility index (Phi) is 4.22. The second-order valence-corrected chi connectivity index (χ2v) is 5.41. The highest BCUT2D eigenvalue weighted by molar-refractivity contribution is 7.10. The molecule has 1 aromatic carbocycles. The molecule has 0 atom stereocenters. The Morgan fingerprint density at radius 1 is 1.37 bits per heavy atom. The van der Waals surface area contributed by atoms with Crippen LogP contribution in [0.25, 0.3) is 0 Å². The van der Waals surface area contributed by atoms with Crippen LogP contribution in [-0.2, 0) is 13.0 Å². The smallest absolute Gasteiger partial charge is 0.335 e. The molecule has 0 saturated carbocycles. The van der Waals surface area contributed by atoms with Gasteiger partial charge in [-0.3, -0.25) is 0 Å². The summed E-state index contributed by atoms with van der Waals surface area (Å²) in [6.07, 6.45) is 1.04. The minimum atomic E-state index is -0.879. The molecule has 19 heavy (non-hydrogen) atoms. The van der Waals surface area contributed by atoms with E-state index in [2.05, 4.69) is 23.7 Å². The predicted molar refractivity (Wildman–Crippen MR) is 79.2 cm³/mol. The minimum Gasteiger partial charge on any atom is -0.478 e. The first-order valence-electron chi connectivity index (χ1n) is 6.25. The molecule has 2 N–H and O–H groups in total. The molecule has 0 aliphatic carbocycles. The van der Waals surface area contributed by atoms with Crippen molar-refractivity contribution in [3.8, 4) is 0 Å². The number of anilines is 1. The lowest BCUT2D eigenvalue weighted by Crippen LogP contribution is -2.03. The number of hydrogen-bond acceptors (Lipinski definition) is 3. The fraction of sp³-hybridized carbons (Fsp3) is 0.267. The number of carboxylic acid groups (broad SMARTS) is 1. The van der Waals surface area contributed by atoms with Crippen LogP contribution in [0, 0.1) is 6.92 Å². The third-order valence-electron chi connectivity index (χ3n) is 3.13. The van der Waals surface area contributed by atoms with Crippen molar-refractivity contribution in [2.24, 2.45) is 0 Å². The summed E-state index contributed by atoms with van der Waals surface area (Å²) in [4.78, 5) is 12.3. The number of carbonyl (C=O) groups is 1. The average molecular weight is 275 g/mol. The van der Waals surface area contributed by atoms with Crippen LogP contribution in [0.4, 0.5) is 5.69 Å². The van der Waals surface area contributed by atoms with Gasteiger partial charge in [0.05, 0.1) is 5.56 Å². The highest BCUT2D eigenvalue weighted by Gasteiger charge is 2.07. The summed E-state index contributed by atoms with van der Waals surface area (Å²) in [5.41, 5.74) is 3.46. The second kappa shape index (κ2) is 5.89. The second-order valence-electron chi connectivity index (χ2n) is 4.41. The van der Waals surface area contributed by atoms with Crippen molar-refractivity contribution in [3.63, 3.8) is 0 Å². The molecule has 0 unspecified atom stereocenters. The van der Waals surface area contributed by atoms with Crippen molar-refractivity contribution >= 4 is 23.0 Å². The van der Waals surface area contributed by atoms with Gasteiger partial charge in [0, 0.05) is 17.1 Å². The fourth-order valence-electron chi connectivity index (χ4n) is 2.03. The van der Waals surface area contributed by atoms with E-state index in [1.165, 1.54) is 10.4 Å². The molecule has 100 valence electrons. The van der Waals surface area contributed by atoms with Crippen molar-refractivity contribution in [1.82, 2.24) is 0 Å². The van der Waals surface area contributed by atoms with E-state index in [1.807, 2.05) is 19.1 Å². The van der Waals surface area contributed by atoms with Gasteiger partial charge >= 0.3 is 5.97 Å². The van der Waals surface area contributed by atoms with Gasteiger partial charge < -0.3 is 10.4 Å². The van der Waals surface area contributed by atoms with Crippen molar-refractivity contribution in [2.75, 3.05) is 5.32 Å². The van der Waals surface area contributed by atoms with Crippen molar-refractivity contribution in [2.45, 2.75) is 26.8 Å². The van der Waals surface area contributed by atoms with Crippen LogP contribution < -0.4 is 5.32 Å². The zero-order chi connectivity index (χ0) is 13.8. The van der Waals surface area contributed by atoms with Crippen LogP contribution in [0.3, 0.4) is 0 Å². The summed E-state index contributed by atoms with van der Waals surface area (Å²) in [5.74, 6) is -0.879. The molecule has 0 amide bonds. The highest BCUT2D eigenvalue weighted by Crippen LogP contribution is 2.20. The molecule has 2 rings (SSSR count). The summed E-state index contributed by atoms with van der Waals surface area (Å²) in [5, 5.41) is 14.4. The zero-order valence-electron chi connectivity index (χ0n) is 11.1. The van der Waals surface area contributed by atoms with E-state index in [0.29, 0.717) is 5.56 Å². The molecule has 0 aliphatic heterocycles. The van der Waals surface area contributed by atoms with Gasteiger partial charge in [-0.2, -0.15) is 0 Å². The van der Waals surface area contributed by atoms with Crippen molar-refractivity contribution in [1.29, 1.82) is 0 Å². The molecule has 1 aromatic heterocycles. The number of thiophene rings is 1. The SMILES string of the molecule is CCc1ccsc1CNc1ccc(C(=O)O)c(C)c1. The van der Waals surface area contributed by atoms with Gasteiger partial charge in [0.25, 0.3) is 0 Å². The summed E-state index contributed by atoms with van der Waals surface area (Å²) in [6.45, 7) is 4.75. The lowest BCUT2D eigenvalue weighted by molar-refractivity contribution is 0.0696. The number of hydrogen-bond donors (Lipinski definition) is 2. The van der Waals surface area contributed by atoms with Gasteiger partial charge in [0.15, 0.2) is 0 Å². The molecule has 1 heterocycles. The van der Waals surface area contributed by atoms with E-state index in [9.17, 15) is 4.79 Å². The molecule has 0 spiro atoms. The molecule has 0 fully saturated rings. The first-order valence-corrected chi connectivity index (χ1v) is 7.13. The molecular weight excluding hydrogens is 258 g/mol. The van der Waals surface area contributed by atoms with Gasteiger partial charge in [0.1, 0.15) is 0 Å². The lowest BCUT2D eigenvalue weighted by Gasteiger charge is -2.09. The molecule has 3 nitrogen and oxygen atoms in total. The van der Waals surface area contributed by atoms with Crippen LogP contribution >= 0.6 is 11.3 Å². The Labute approximate surface area is 116 Å². The minimum absolute atomic E-state index is 0.357. The van der Waals surface area contributed by atoms with E-state index in [-0.39, 0.29) is 0 Å². The maximum absolute atomic E-state index is 10.9. The first kappa shape index (κ1) is 13.6. The van der Waals surface area contributed by atoms with Crippen LogP contribution in [0.1, 0.15) is 33.3 Å². The summed E-state index contributed by atoms with van der Waals surface area (Å²) in [6, 6.07) is 7.49. The summed E-state index contributed by atoms with van der Waals surface area (Å²) >= 11 is 1.75. The number of nitrogens with one attached hydrogen (secondary N) is 1. The molecule has 4 heteroatoms. The average Bonchev–Trinajstić information content (AvgIpc) is 2.83. The van der Waals surface area contributed by atoms with Crippen molar-refractivity contribution in [3.05, 3.63) is 51.2 Å². The molecule has 0 aliphatic rings. The van der Waals surface area contributed by atoms with E-state index in [0.717, 1.165) is 24.2 Å². The normalized spacial score (nSPS) is 10.4. The summed E-state index contributed by atoms with van der Waals surface area (Å²) in [7, 11) is 0. The highest BCUT2D eigenvalue weighted by atomic mass is 32.1. The van der Waals surface area contributed by atoms with E-state index < -0.39 is 5.97 Å². The number of aromatic carboxylic acids is 1. The number of benzene rings is 1. The van der Waals surface area contributed by atoms with Gasteiger partial charge in [0.2, 0.25) is 0 Å². The maximum Gasteiger partial charge on any atom is 0.335 e. The Morgan fingerprint density at radius 3 is 2.79 bits per heavy atom. The van der Waals surface area contributed by atoms with Gasteiger partial charge in [-0.25, -0.2) is 4.79 Å². The molecule has 2 aromatic rings. The summed E-state index contributed by atoms with van der Waals surface area (Å²) < 4.78 is 0. The molecule has 0 radical (unpaired) electrons. The third-order valence-corrected chi connectivity index (χ3v) is 4.09. The number of aryl methyl sites for hydroxylation is 2. The first-order chi connectivity index (χ1) is 9.11. The standard InChI is InChI=1S/C15H17NO2S/c1-3-11-6-7-19-14(11)9-16-12-4-5-13(15(17)18)10(2)8-12/h4-8,16H,3,9H2,1-2H3,(H,17,18). The van der Waals surface area contributed by atoms with Gasteiger partial charge in [-0.15, -0.1) is 11.3 Å².